The van der Waals surface area contributed by atoms with Crippen LogP contribution in [0.3, 0.4) is 0 Å². The van der Waals surface area contributed by atoms with Gasteiger partial charge in [-0.15, -0.1) is 0 Å². The summed E-state index contributed by atoms with van der Waals surface area (Å²) in [6.45, 7) is 0.785. The second-order valence-corrected chi connectivity index (χ2v) is 5.13. The molecule has 1 aromatic rings. The smallest absolute Gasteiger partial charge is 0.333 e. The molecule has 1 saturated heterocycles. The van der Waals surface area contributed by atoms with E-state index in [1.807, 2.05) is 24.3 Å². The molecule has 1 aliphatic heterocycles. The van der Waals surface area contributed by atoms with Crippen molar-refractivity contribution in [1.29, 1.82) is 0 Å². The Bertz CT molecular complexity index is 492. The van der Waals surface area contributed by atoms with Crippen LogP contribution in [0.15, 0.2) is 42.0 Å². The lowest BCUT2D eigenvalue weighted by Crippen LogP contribution is -2.32. The number of carbonyl (C=O) groups excluding carboxylic acids is 1. The Morgan fingerprint density at radius 1 is 1.32 bits per heavy atom. The van der Waals surface area contributed by atoms with E-state index in [0.717, 1.165) is 25.0 Å². The van der Waals surface area contributed by atoms with E-state index in [1.54, 1.807) is 0 Å². The van der Waals surface area contributed by atoms with E-state index in [9.17, 15) is 4.79 Å². The van der Waals surface area contributed by atoms with E-state index >= 15 is 0 Å². The minimum absolute atomic E-state index is 0.0882. The Kier molecular flexibility index (Phi) is 3.38. The molecule has 0 amide bonds. The molecular formula is C16H18O3. The van der Waals surface area contributed by atoms with Gasteiger partial charge in [0.15, 0.2) is 0 Å². The molecule has 0 saturated carbocycles. The molecule has 1 aliphatic carbocycles. The van der Waals surface area contributed by atoms with Crippen molar-refractivity contribution in [3.8, 4) is 0 Å². The Labute approximate surface area is 113 Å². The van der Waals surface area contributed by atoms with E-state index in [1.165, 1.54) is 12.7 Å². The number of esters is 1. The zero-order valence-electron chi connectivity index (χ0n) is 11.0. The van der Waals surface area contributed by atoms with Gasteiger partial charge in [-0.2, -0.15) is 0 Å². The number of benzene rings is 1. The van der Waals surface area contributed by atoms with E-state index in [0.29, 0.717) is 0 Å². The molecular weight excluding hydrogens is 240 g/mol. The largest absolute Gasteiger partial charge is 0.466 e. The number of fused-ring (bicyclic) bond motifs is 1. The Hall–Kier alpha value is -1.61. The van der Waals surface area contributed by atoms with Crippen molar-refractivity contribution < 1.29 is 14.3 Å². The topological polar surface area (TPSA) is 35.5 Å². The molecule has 3 atom stereocenters. The molecule has 0 spiro atoms. The first kappa shape index (κ1) is 12.4. The summed E-state index contributed by atoms with van der Waals surface area (Å²) in [4.78, 5) is 11.9. The van der Waals surface area contributed by atoms with Crippen LogP contribution < -0.4 is 0 Å². The van der Waals surface area contributed by atoms with Crippen LogP contribution in [0.4, 0.5) is 0 Å². The minimum atomic E-state index is -0.209. The van der Waals surface area contributed by atoms with Gasteiger partial charge >= 0.3 is 5.97 Å². The summed E-state index contributed by atoms with van der Waals surface area (Å²) in [6.07, 6.45) is 4.15. The minimum Gasteiger partial charge on any atom is -0.466 e. The summed E-state index contributed by atoms with van der Waals surface area (Å²) < 4.78 is 10.8. The predicted octanol–water partition coefficient (Wildman–Crippen LogP) is 2.68. The van der Waals surface area contributed by atoms with E-state index in [4.69, 9.17) is 9.47 Å². The van der Waals surface area contributed by atoms with Gasteiger partial charge in [-0.1, -0.05) is 36.4 Å². The molecule has 3 nitrogen and oxygen atoms in total. The third kappa shape index (κ3) is 2.19. The highest BCUT2D eigenvalue weighted by Crippen LogP contribution is 2.44. The highest BCUT2D eigenvalue weighted by molar-refractivity contribution is 5.90. The molecule has 3 heteroatoms. The number of rotatable bonds is 2. The summed E-state index contributed by atoms with van der Waals surface area (Å²) in [5.41, 5.74) is 2.00. The Morgan fingerprint density at radius 3 is 2.84 bits per heavy atom. The van der Waals surface area contributed by atoms with Crippen molar-refractivity contribution in [2.45, 2.75) is 24.9 Å². The second-order valence-electron chi connectivity index (χ2n) is 5.13. The number of hydrogen-bond acceptors (Lipinski definition) is 3. The van der Waals surface area contributed by atoms with Crippen molar-refractivity contribution >= 4 is 5.97 Å². The fourth-order valence-electron chi connectivity index (χ4n) is 3.20. The molecule has 0 radical (unpaired) electrons. The number of hydrogen-bond donors (Lipinski definition) is 0. The molecule has 0 bridgehead atoms. The average Bonchev–Trinajstić information content (AvgIpc) is 2.87. The van der Waals surface area contributed by atoms with Crippen molar-refractivity contribution in [1.82, 2.24) is 0 Å². The zero-order chi connectivity index (χ0) is 13.2. The molecule has 0 aromatic heterocycles. The molecule has 0 unspecified atom stereocenters. The van der Waals surface area contributed by atoms with Gasteiger partial charge in [-0.25, -0.2) is 4.79 Å². The van der Waals surface area contributed by atoms with Crippen molar-refractivity contribution in [2.24, 2.45) is 5.92 Å². The fourth-order valence-corrected chi connectivity index (χ4v) is 3.20. The molecule has 100 valence electrons. The van der Waals surface area contributed by atoms with Crippen molar-refractivity contribution in [3.63, 3.8) is 0 Å². The van der Waals surface area contributed by atoms with Crippen LogP contribution in [0, 0.1) is 5.92 Å². The van der Waals surface area contributed by atoms with Crippen LogP contribution in [0.5, 0.6) is 0 Å². The summed E-state index contributed by atoms with van der Waals surface area (Å²) in [6, 6.07) is 10.2. The fraction of sp³-hybridized carbons (Fsp3) is 0.438. The second kappa shape index (κ2) is 5.17. The first-order valence-corrected chi connectivity index (χ1v) is 6.78. The third-order valence-electron chi connectivity index (χ3n) is 4.08. The lowest BCUT2D eigenvalue weighted by molar-refractivity contribution is -0.137. The average molecular weight is 258 g/mol. The van der Waals surface area contributed by atoms with Crippen LogP contribution >= 0.6 is 0 Å². The summed E-state index contributed by atoms with van der Waals surface area (Å²) >= 11 is 0. The summed E-state index contributed by atoms with van der Waals surface area (Å²) in [5, 5.41) is 0. The first-order valence-electron chi connectivity index (χ1n) is 6.78. The van der Waals surface area contributed by atoms with Crippen LogP contribution in [0.1, 0.15) is 24.3 Å². The van der Waals surface area contributed by atoms with Crippen LogP contribution in [0.25, 0.3) is 0 Å². The predicted molar refractivity (Wildman–Crippen MR) is 71.7 cm³/mol. The van der Waals surface area contributed by atoms with Crippen LogP contribution in [0.2, 0.25) is 0 Å². The SMILES string of the molecule is COC(=O)C1=C[C@@H](c2ccccc2)[C@@H]2OCCC[C@H]12. The van der Waals surface area contributed by atoms with Gasteiger partial charge in [0.1, 0.15) is 0 Å². The summed E-state index contributed by atoms with van der Waals surface area (Å²) in [7, 11) is 1.44. The van der Waals surface area contributed by atoms with Gasteiger partial charge in [0.25, 0.3) is 0 Å². The lowest BCUT2D eigenvalue weighted by Gasteiger charge is -2.31. The van der Waals surface area contributed by atoms with Crippen LogP contribution in [-0.2, 0) is 14.3 Å². The van der Waals surface area contributed by atoms with Gasteiger partial charge in [0.05, 0.1) is 13.2 Å². The number of ether oxygens (including phenoxy) is 2. The lowest BCUT2D eigenvalue weighted by atomic mass is 9.87. The molecule has 1 aromatic carbocycles. The quantitative estimate of drug-likeness (QED) is 0.765. The molecule has 1 fully saturated rings. The van der Waals surface area contributed by atoms with Crippen molar-refractivity contribution in [3.05, 3.63) is 47.5 Å². The maximum atomic E-state index is 11.9. The maximum Gasteiger partial charge on any atom is 0.333 e. The maximum absolute atomic E-state index is 11.9. The summed E-state index contributed by atoms with van der Waals surface area (Å²) in [5.74, 6) is 0.144. The number of methoxy groups -OCH3 is 1. The molecule has 19 heavy (non-hydrogen) atoms. The monoisotopic (exact) mass is 258 g/mol. The van der Waals surface area contributed by atoms with Gasteiger partial charge in [0.2, 0.25) is 0 Å². The van der Waals surface area contributed by atoms with Gasteiger partial charge in [0, 0.05) is 24.0 Å². The van der Waals surface area contributed by atoms with Gasteiger partial charge < -0.3 is 9.47 Å². The van der Waals surface area contributed by atoms with E-state index in [-0.39, 0.29) is 23.9 Å². The van der Waals surface area contributed by atoms with E-state index < -0.39 is 0 Å². The molecule has 1 heterocycles. The Balaban J connectivity index is 1.95. The van der Waals surface area contributed by atoms with Gasteiger partial charge in [-0.3, -0.25) is 0 Å². The number of carbonyl (C=O) groups is 1. The highest BCUT2D eigenvalue weighted by atomic mass is 16.5. The zero-order valence-corrected chi connectivity index (χ0v) is 11.0. The highest BCUT2D eigenvalue weighted by Gasteiger charge is 2.43. The molecule has 2 aliphatic rings. The van der Waals surface area contributed by atoms with Crippen molar-refractivity contribution in [2.75, 3.05) is 13.7 Å². The molecule has 0 N–H and O–H groups in total. The van der Waals surface area contributed by atoms with Crippen LogP contribution in [-0.4, -0.2) is 25.8 Å². The normalized spacial score (nSPS) is 29.5. The first-order chi connectivity index (χ1) is 9.31. The van der Waals surface area contributed by atoms with Gasteiger partial charge in [-0.05, 0) is 18.4 Å². The van der Waals surface area contributed by atoms with E-state index in [2.05, 4.69) is 12.1 Å². The Morgan fingerprint density at radius 2 is 2.11 bits per heavy atom. The third-order valence-corrected chi connectivity index (χ3v) is 4.08. The molecule has 3 rings (SSSR count). The standard InChI is InChI=1S/C16H18O3/c1-18-16(17)14-10-13(11-6-3-2-4-7-11)15-12(14)8-5-9-19-15/h2-4,6-7,10,12-13,15H,5,8-9H2,1H3/t12-,13+,15-/m1/s1.